The zero-order chi connectivity index (χ0) is 10.7. The highest BCUT2D eigenvalue weighted by Crippen LogP contribution is 2.21. The third-order valence-corrected chi connectivity index (χ3v) is 2.96. The van der Waals surface area contributed by atoms with E-state index >= 15 is 0 Å². The third-order valence-electron chi connectivity index (χ3n) is 2.47. The van der Waals surface area contributed by atoms with Gasteiger partial charge in [-0.2, -0.15) is 0 Å². The lowest BCUT2D eigenvalue weighted by Crippen LogP contribution is -2.20. The van der Waals surface area contributed by atoms with E-state index in [1.54, 1.807) is 0 Å². The molecule has 15 heavy (non-hydrogen) atoms. The maximum Gasteiger partial charge on any atom is 0.228 e. The second-order valence-electron chi connectivity index (χ2n) is 3.64. The van der Waals surface area contributed by atoms with E-state index in [0.29, 0.717) is 0 Å². The predicted octanol–water partition coefficient (Wildman–Crippen LogP) is 3.35. The topological polar surface area (TPSA) is 29.1 Å². The van der Waals surface area contributed by atoms with Crippen molar-refractivity contribution in [3.8, 4) is 0 Å². The molecule has 1 aliphatic rings. The van der Waals surface area contributed by atoms with Crippen molar-refractivity contribution in [3.05, 3.63) is 40.9 Å². The van der Waals surface area contributed by atoms with Gasteiger partial charge in [-0.3, -0.25) is 4.79 Å². The summed E-state index contributed by atoms with van der Waals surface area (Å²) in [6.45, 7) is 0. The van der Waals surface area contributed by atoms with Gasteiger partial charge in [0.25, 0.3) is 0 Å². The van der Waals surface area contributed by atoms with Crippen molar-refractivity contribution < 1.29 is 4.79 Å². The maximum absolute atomic E-state index is 11.8. The first-order chi connectivity index (χ1) is 7.25. The van der Waals surface area contributed by atoms with Crippen molar-refractivity contribution in [2.45, 2.75) is 12.8 Å². The van der Waals surface area contributed by atoms with Gasteiger partial charge in [-0.05, 0) is 31.0 Å². The Labute approximate surface area is 97.5 Å². The van der Waals surface area contributed by atoms with Crippen LogP contribution in [-0.2, 0) is 4.79 Å². The normalized spacial score (nSPS) is 15.5. The van der Waals surface area contributed by atoms with Crippen LogP contribution < -0.4 is 5.32 Å². The summed E-state index contributed by atoms with van der Waals surface area (Å²) < 4.78 is 0.977. The molecule has 0 bridgehead atoms. The van der Waals surface area contributed by atoms with Gasteiger partial charge in [-0.15, -0.1) is 0 Å². The average Bonchev–Trinajstić information content (AvgIpc) is 2.70. The molecule has 2 nitrogen and oxygen atoms in total. The van der Waals surface area contributed by atoms with Gasteiger partial charge in [0.15, 0.2) is 0 Å². The largest absolute Gasteiger partial charge is 0.326 e. The van der Waals surface area contributed by atoms with Crippen LogP contribution in [0.2, 0.25) is 0 Å². The third kappa shape index (κ3) is 2.69. The van der Waals surface area contributed by atoms with Gasteiger partial charge in [0.1, 0.15) is 0 Å². The van der Waals surface area contributed by atoms with Crippen LogP contribution in [0.4, 0.5) is 5.69 Å². The molecule has 1 aliphatic carbocycles. The van der Waals surface area contributed by atoms with Crippen LogP contribution in [0.25, 0.3) is 0 Å². The number of allylic oxidation sites excluding steroid dienone is 2. The van der Waals surface area contributed by atoms with Gasteiger partial charge in [-0.1, -0.05) is 34.1 Å². The molecule has 2 rings (SSSR count). The number of rotatable bonds is 2. The molecule has 0 fully saturated rings. The highest BCUT2D eigenvalue weighted by atomic mass is 79.9. The van der Waals surface area contributed by atoms with Crippen LogP contribution >= 0.6 is 15.9 Å². The summed E-state index contributed by atoms with van der Waals surface area (Å²) in [6, 6.07) is 7.64. The number of amides is 1. The van der Waals surface area contributed by atoms with Gasteiger partial charge in [0.2, 0.25) is 5.91 Å². The lowest BCUT2D eigenvalue weighted by Gasteiger charge is -2.10. The molecule has 0 aliphatic heterocycles. The summed E-state index contributed by atoms with van der Waals surface area (Å²) in [4.78, 5) is 11.8. The minimum atomic E-state index is 0.109. The first-order valence-electron chi connectivity index (χ1n) is 4.97. The molecule has 0 aromatic heterocycles. The molecule has 1 aromatic carbocycles. The van der Waals surface area contributed by atoms with Crippen molar-refractivity contribution in [3.63, 3.8) is 0 Å². The Bertz CT molecular complexity index is 392. The number of benzene rings is 1. The second kappa shape index (κ2) is 4.62. The summed E-state index contributed by atoms with van der Waals surface area (Å²) in [5.74, 6) is 0.224. The molecule has 1 amide bonds. The molecule has 0 radical (unpaired) electrons. The number of nitrogens with one attached hydrogen (secondary N) is 1. The number of hydrogen-bond acceptors (Lipinski definition) is 1. The summed E-state index contributed by atoms with van der Waals surface area (Å²) in [7, 11) is 0. The molecular weight excluding hydrogens is 254 g/mol. The van der Waals surface area contributed by atoms with Gasteiger partial charge in [-0.25, -0.2) is 0 Å². The van der Waals surface area contributed by atoms with Crippen molar-refractivity contribution in [1.29, 1.82) is 0 Å². The Morgan fingerprint density at radius 2 is 2.07 bits per heavy atom. The van der Waals surface area contributed by atoms with Crippen LogP contribution in [-0.4, -0.2) is 5.91 Å². The Hall–Kier alpha value is -1.09. The van der Waals surface area contributed by atoms with E-state index in [4.69, 9.17) is 0 Å². The van der Waals surface area contributed by atoms with E-state index in [1.807, 2.05) is 24.3 Å². The first-order valence-corrected chi connectivity index (χ1v) is 5.76. The van der Waals surface area contributed by atoms with Crippen LogP contribution in [0, 0.1) is 5.92 Å². The van der Waals surface area contributed by atoms with Crippen molar-refractivity contribution in [2.75, 3.05) is 5.32 Å². The Morgan fingerprint density at radius 1 is 1.33 bits per heavy atom. The zero-order valence-electron chi connectivity index (χ0n) is 8.24. The fourth-order valence-corrected chi connectivity index (χ4v) is 2.04. The fraction of sp³-hybridized carbons (Fsp3) is 0.250. The minimum Gasteiger partial charge on any atom is -0.326 e. The molecule has 1 aromatic rings. The number of anilines is 1. The quantitative estimate of drug-likeness (QED) is 0.817. The summed E-state index contributed by atoms with van der Waals surface area (Å²) in [6.07, 6.45) is 5.84. The molecule has 0 saturated carbocycles. The first kappa shape index (κ1) is 10.4. The molecule has 3 heteroatoms. The predicted molar refractivity (Wildman–Crippen MR) is 64.6 cm³/mol. The SMILES string of the molecule is O=C(Nc1cccc(Br)c1)C1CC=CC1. The molecule has 0 atom stereocenters. The number of halogens is 1. The van der Waals surface area contributed by atoms with E-state index in [0.717, 1.165) is 23.0 Å². The molecule has 78 valence electrons. The van der Waals surface area contributed by atoms with Gasteiger partial charge >= 0.3 is 0 Å². The molecule has 0 unspecified atom stereocenters. The fourth-order valence-electron chi connectivity index (χ4n) is 1.64. The Kier molecular flexibility index (Phi) is 3.21. The highest BCUT2D eigenvalue weighted by molar-refractivity contribution is 9.10. The van der Waals surface area contributed by atoms with Gasteiger partial charge < -0.3 is 5.32 Å². The van der Waals surface area contributed by atoms with Crippen molar-refractivity contribution >= 4 is 27.5 Å². The van der Waals surface area contributed by atoms with Crippen LogP contribution in [0.5, 0.6) is 0 Å². The van der Waals surface area contributed by atoms with Gasteiger partial charge in [0.05, 0.1) is 0 Å². The summed E-state index contributed by atoms with van der Waals surface area (Å²) in [5.41, 5.74) is 0.848. The lowest BCUT2D eigenvalue weighted by molar-refractivity contribution is -0.119. The molecule has 0 spiro atoms. The monoisotopic (exact) mass is 265 g/mol. The highest BCUT2D eigenvalue weighted by Gasteiger charge is 2.18. The summed E-state index contributed by atoms with van der Waals surface area (Å²) in [5, 5.41) is 2.92. The van der Waals surface area contributed by atoms with E-state index in [-0.39, 0.29) is 11.8 Å². The van der Waals surface area contributed by atoms with E-state index in [2.05, 4.69) is 33.4 Å². The van der Waals surface area contributed by atoms with Crippen LogP contribution in [0.15, 0.2) is 40.9 Å². The van der Waals surface area contributed by atoms with Crippen molar-refractivity contribution in [1.82, 2.24) is 0 Å². The lowest BCUT2D eigenvalue weighted by atomic mass is 10.1. The second-order valence-corrected chi connectivity index (χ2v) is 4.56. The Morgan fingerprint density at radius 3 is 2.73 bits per heavy atom. The van der Waals surface area contributed by atoms with Crippen molar-refractivity contribution in [2.24, 2.45) is 5.92 Å². The zero-order valence-corrected chi connectivity index (χ0v) is 9.83. The number of carbonyl (C=O) groups is 1. The smallest absolute Gasteiger partial charge is 0.228 e. The van der Waals surface area contributed by atoms with Gasteiger partial charge in [0, 0.05) is 16.1 Å². The average molecular weight is 266 g/mol. The Balaban J connectivity index is 1.99. The van der Waals surface area contributed by atoms with E-state index in [9.17, 15) is 4.79 Å². The van der Waals surface area contributed by atoms with Crippen LogP contribution in [0.3, 0.4) is 0 Å². The van der Waals surface area contributed by atoms with Crippen LogP contribution in [0.1, 0.15) is 12.8 Å². The number of hydrogen-bond donors (Lipinski definition) is 1. The van der Waals surface area contributed by atoms with E-state index in [1.165, 1.54) is 0 Å². The number of carbonyl (C=O) groups excluding carboxylic acids is 1. The molecular formula is C12H12BrNO. The molecule has 0 heterocycles. The minimum absolute atomic E-state index is 0.109. The van der Waals surface area contributed by atoms with E-state index < -0.39 is 0 Å². The summed E-state index contributed by atoms with van der Waals surface area (Å²) >= 11 is 3.37. The maximum atomic E-state index is 11.8. The standard InChI is InChI=1S/C12H12BrNO/c13-10-6-3-7-11(8-10)14-12(15)9-4-1-2-5-9/h1-3,6-9H,4-5H2,(H,14,15). The molecule has 1 N–H and O–H groups in total. The molecule has 0 saturated heterocycles.